The number of hydrogen-bond donors (Lipinski definition) is 2. The Bertz CT molecular complexity index is 969. The lowest BCUT2D eigenvalue weighted by Crippen LogP contribution is -2.28. The number of benzene rings is 1. The van der Waals surface area contributed by atoms with E-state index in [-0.39, 0.29) is 16.8 Å². The number of aromatic hydroxyl groups is 1. The molecule has 8 heteroatoms. The lowest BCUT2D eigenvalue weighted by molar-refractivity contribution is -0.137. The molecule has 1 aliphatic heterocycles. The fraction of sp³-hybridized carbons (Fsp3) is 0.368. The van der Waals surface area contributed by atoms with Gasteiger partial charge in [0.1, 0.15) is 17.0 Å². The molecular formula is C19H18F3N3O2. The highest BCUT2D eigenvalue weighted by Gasteiger charge is 2.32. The predicted molar refractivity (Wildman–Crippen MR) is 93.5 cm³/mol. The number of phenols is 1. The minimum Gasteiger partial charge on any atom is -0.507 e. The van der Waals surface area contributed by atoms with Gasteiger partial charge in [-0.15, -0.1) is 10.2 Å². The maximum absolute atomic E-state index is 12.9. The Kier molecular flexibility index (Phi) is 4.30. The minimum atomic E-state index is -4.53. The van der Waals surface area contributed by atoms with Crippen LogP contribution in [-0.2, 0) is 6.18 Å². The molecule has 1 saturated heterocycles. The predicted octanol–water partition coefficient (Wildman–Crippen LogP) is 4.39. The molecule has 1 aliphatic rings. The Morgan fingerprint density at radius 2 is 2.04 bits per heavy atom. The number of nitrogens with zero attached hydrogens (tertiary/aromatic N) is 2. The molecule has 1 fully saturated rings. The molecule has 2 aromatic heterocycles. The summed E-state index contributed by atoms with van der Waals surface area (Å²) in [5.74, 6) is -0.194. The van der Waals surface area contributed by atoms with Gasteiger partial charge in [-0.25, -0.2) is 0 Å². The van der Waals surface area contributed by atoms with Crippen LogP contribution in [0.5, 0.6) is 5.75 Å². The van der Waals surface area contributed by atoms with Gasteiger partial charge >= 0.3 is 6.18 Å². The molecule has 3 aromatic rings. The van der Waals surface area contributed by atoms with Crippen LogP contribution in [0.2, 0.25) is 0 Å². The average molecular weight is 377 g/mol. The van der Waals surface area contributed by atoms with E-state index in [1.807, 2.05) is 0 Å². The van der Waals surface area contributed by atoms with E-state index in [2.05, 4.69) is 15.5 Å². The molecule has 0 spiro atoms. The summed E-state index contributed by atoms with van der Waals surface area (Å²) in [5, 5.41) is 21.9. The first-order valence-electron chi connectivity index (χ1n) is 8.71. The van der Waals surface area contributed by atoms with Crippen molar-refractivity contribution >= 4 is 11.1 Å². The number of alkyl halides is 3. The summed E-state index contributed by atoms with van der Waals surface area (Å²) in [5.41, 5.74) is 1.98. The minimum absolute atomic E-state index is 0.217. The number of furan rings is 1. The third kappa shape index (κ3) is 3.25. The Hall–Kier alpha value is -2.61. The van der Waals surface area contributed by atoms with Gasteiger partial charge in [0.05, 0.1) is 11.8 Å². The molecule has 0 amide bonds. The Morgan fingerprint density at radius 3 is 2.70 bits per heavy atom. The third-order valence-electron chi connectivity index (χ3n) is 4.98. The Balaban J connectivity index is 1.75. The van der Waals surface area contributed by atoms with E-state index in [0.717, 1.165) is 37.6 Å². The summed E-state index contributed by atoms with van der Waals surface area (Å²) in [4.78, 5) is 0. The molecule has 4 rings (SSSR count). The lowest BCUT2D eigenvalue weighted by Gasteiger charge is -2.21. The van der Waals surface area contributed by atoms with Gasteiger partial charge in [0.15, 0.2) is 5.58 Å². The largest absolute Gasteiger partial charge is 0.507 e. The van der Waals surface area contributed by atoms with Crippen LogP contribution < -0.4 is 5.32 Å². The Morgan fingerprint density at radius 1 is 1.22 bits per heavy atom. The molecule has 2 N–H and O–H groups in total. The van der Waals surface area contributed by atoms with E-state index in [1.165, 1.54) is 6.92 Å². The third-order valence-corrected chi connectivity index (χ3v) is 4.98. The van der Waals surface area contributed by atoms with Crippen LogP contribution in [0.4, 0.5) is 13.2 Å². The summed E-state index contributed by atoms with van der Waals surface area (Å²) in [6, 6.07) is 3.30. The highest BCUT2D eigenvalue weighted by molar-refractivity contribution is 5.82. The van der Waals surface area contributed by atoms with E-state index in [0.29, 0.717) is 23.1 Å². The van der Waals surface area contributed by atoms with E-state index in [4.69, 9.17) is 4.42 Å². The number of aryl methyl sites for hydroxylation is 1. The van der Waals surface area contributed by atoms with Crippen molar-refractivity contribution in [1.82, 2.24) is 15.5 Å². The van der Waals surface area contributed by atoms with Crippen molar-refractivity contribution in [3.63, 3.8) is 0 Å². The summed E-state index contributed by atoms with van der Waals surface area (Å²) in [7, 11) is 0. The van der Waals surface area contributed by atoms with E-state index >= 15 is 0 Å². The maximum atomic E-state index is 12.9. The van der Waals surface area contributed by atoms with Gasteiger partial charge in [0, 0.05) is 29.7 Å². The van der Waals surface area contributed by atoms with Crippen molar-refractivity contribution in [3.8, 4) is 17.0 Å². The van der Waals surface area contributed by atoms with Crippen LogP contribution in [0.15, 0.2) is 28.9 Å². The second-order valence-electron chi connectivity index (χ2n) is 6.86. The van der Waals surface area contributed by atoms with Crippen molar-refractivity contribution in [2.24, 2.45) is 0 Å². The Labute approximate surface area is 153 Å². The highest BCUT2D eigenvalue weighted by Crippen LogP contribution is 2.39. The van der Waals surface area contributed by atoms with Gasteiger partial charge < -0.3 is 14.8 Å². The molecule has 0 bridgehead atoms. The zero-order valence-corrected chi connectivity index (χ0v) is 14.6. The van der Waals surface area contributed by atoms with Crippen LogP contribution in [0.3, 0.4) is 0 Å². The molecule has 0 aliphatic carbocycles. The van der Waals surface area contributed by atoms with Crippen molar-refractivity contribution in [1.29, 1.82) is 0 Å². The van der Waals surface area contributed by atoms with E-state index in [1.54, 1.807) is 12.3 Å². The van der Waals surface area contributed by atoms with E-state index in [9.17, 15) is 18.3 Å². The number of rotatable bonds is 2. The first kappa shape index (κ1) is 17.8. The fourth-order valence-corrected chi connectivity index (χ4v) is 3.64. The number of fused-ring (bicyclic) bond motifs is 1. The molecule has 3 heterocycles. The van der Waals surface area contributed by atoms with Crippen molar-refractivity contribution < 1.29 is 22.7 Å². The van der Waals surface area contributed by atoms with Crippen molar-refractivity contribution in [2.45, 2.75) is 31.9 Å². The van der Waals surface area contributed by atoms with Gasteiger partial charge in [-0.3, -0.25) is 0 Å². The van der Waals surface area contributed by atoms with Gasteiger partial charge in [-0.05, 0) is 44.0 Å². The number of nitrogens with one attached hydrogen (secondary N) is 1. The standard InChI is InChI=1S/C19H18F3N3O2/c1-10-5-12(19(20,21)22)6-15(26)17(10)14-7-16-18(25-24-14)13(9-27-16)11-3-2-4-23-8-11/h5-7,9,11,23,26H,2-4,8H2,1H3. The van der Waals surface area contributed by atoms with Gasteiger partial charge in [0.25, 0.3) is 0 Å². The molecule has 0 saturated carbocycles. The summed E-state index contributed by atoms with van der Waals surface area (Å²) in [6.07, 6.45) is -0.758. The first-order chi connectivity index (χ1) is 12.8. The molecule has 27 heavy (non-hydrogen) atoms. The number of phenolic OH excluding ortho intramolecular Hbond substituents is 1. The maximum Gasteiger partial charge on any atom is 0.416 e. The normalized spacial score (nSPS) is 18.1. The molecular weight excluding hydrogens is 359 g/mol. The molecule has 5 nitrogen and oxygen atoms in total. The molecule has 1 unspecified atom stereocenters. The molecule has 1 atom stereocenters. The average Bonchev–Trinajstić information content (AvgIpc) is 3.04. The smallest absolute Gasteiger partial charge is 0.416 e. The number of aromatic nitrogens is 2. The second kappa shape index (κ2) is 6.53. The summed E-state index contributed by atoms with van der Waals surface area (Å²) < 4.78 is 44.4. The van der Waals surface area contributed by atoms with Crippen LogP contribution in [-0.4, -0.2) is 28.4 Å². The van der Waals surface area contributed by atoms with Gasteiger partial charge in [-0.1, -0.05) is 0 Å². The SMILES string of the molecule is Cc1cc(C(F)(F)F)cc(O)c1-c1cc2occ(C3CCCNC3)c2nn1. The van der Waals surface area contributed by atoms with E-state index < -0.39 is 17.5 Å². The highest BCUT2D eigenvalue weighted by atomic mass is 19.4. The number of hydrogen-bond acceptors (Lipinski definition) is 5. The van der Waals surface area contributed by atoms with Gasteiger partial charge in [-0.2, -0.15) is 13.2 Å². The second-order valence-corrected chi connectivity index (χ2v) is 6.86. The van der Waals surface area contributed by atoms with Crippen LogP contribution in [0.25, 0.3) is 22.4 Å². The molecule has 142 valence electrons. The first-order valence-corrected chi connectivity index (χ1v) is 8.71. The molecule has 0 radical (unpaired) electrons. The van der Waals surface area contributed by atoms with Crippen molar-refractivity contribution in [3.05, 3.63) is 41.2 Å². The monoisotopic (exact) mass is 377 g/mol. The number of halogens is 3. The zero-order chi connectivity index (χ0) is 19.2. The fourth-order valence-electron chi connectivity index (χ4n) is 3.64. The topological polar surface area (TPSA) is 71.2 Å². The summed E-state index contributed by atoms with van der Waals surface area (Å²) >= 11 is 0. The summed E-state index contributed by atoms with van der Waals surface area (Å²) in [6.45, 7) is 3.34. The van der Waals surface area contributed by atoms with Crippen LogP contribution in [0.1, 0.15) is 35.4 Å². The quantitative estimate of drug-likeness (QED) is 0.693. The lowest BCUT2D eigenvalue weighted by atomic mass is 9.93. The number of piperidine rings is 1. The van der Waals surface area contributed by atoms with Crippen LogP contribution >= 0.6 is 0 Å². The molecule has 1 aromatic carbocycles. The van der Waals surface area contributed by atoms with Crippen LogP contribution in [0, 0.1) is 6.92 Å². The zero-order valence-electron chi connectivity index (χ0n) is 14.6. The van der Waals surface area contributed by atoms with Crippen molar-refractivity contribution in [2.75, 3.05) is 13.1 Å². The van der Waals surface area contributed by atoms with Gasteiger partial charge in [0.2, 0.25) is 0 Å².